The zero-order chi connectivity index (χ0) is 20.7. The molecule has 1 N–H and O–H groups in total. The van der Waals surface area contributed by atoms with Crippen LogP contribution in [0.5, 0.6) is 5.75 Å². The summed E-state index contributed by atoms with van der Waals surface area (Å²) in [5.74, 6) is 0.293. The van der Waals surface area contributed by atoms with Crippen LogP contribution in [0.1, 0.15) is 32.8 Å². The third-order valence-corrected chi connectivity index (χ3v) is 6.14. The minimum absolute atomic E-state index is 0.0308. The van der Waals surface area contributed by atoms with Crippen molar-refractivity contribution < 1.29 is 17.9 Å². The van der Waals surface area contributed by atoms with Crippen molar-refractivity contribution in [2.24, 2.45) is 0 Å². The van der Waals surface area contributed by atoms with E-state index in [2.05, 4.69) is 5.32 Å². The second-order valence-electron chi connectivity index (χ2n) is 6.63. The van der Waals surface area contributed by atoms with E-state index >= 15 is 0 Å². The molecular weight excluding hydrogens is 376 g/mol. The molecule has 0 heterocycles. The Morgan fingerprint density at radius 2 is 1.68 bits per heavy atom. The van der Waals surface area contributed by atoms with Gasteiger partial charge in [0.2, 0.25) is 5.91 Å². The van der Waals surface area contributed by atoms with Gasteiger partial charge in [0.1, 0.15) is 12.3 Å². The number of rotatable bonds is 9. The number of carbonyl (C=O) groups excluding carboxylic acids is 1. The van der Waals surface area contributed by atoms with Crippen LogP contribution in [-0.4, -0.2) is 33.5 Å². The zero-order valence-electron chi connectivity index (χ0n) is 16.8. The highest BCUT2D eigenvalue weighted by Crippen LogP contribution is 2.26. The Balaban J connectivity index is 2.40. The number of anilines is 1. The third kappa shape index (κ3) is 5.48. The highest BCUT2D eigenvalue weighted by Gasteiger charge is 2.27. The number of aryl methyl sites for hydroxylation is 1. The fourth-order valence-electron chi connectivity index (χ4n) is 2.58. The fraction of sp³-hybridized carbons (Fsp3) is 0.381. The van der Waals surface area contributed by atoms with E-state index in [0.717, 1.165) is 16.3 Å². The molecule has 0 aliphatic carbocycles. The number of amides is 1. The molecule has 0 aliphatic heterocycles. The van der Waals surface area contributed by atoms with Crippen LogP contribution < -0.4 is 14.4 Å². The lowest BCUT2D eigenvalue weighted by atomic mass is 10.2. The number of hydrogen-bond acceptors (Lipinski definition) is 4. The van der Waals surface area contributed by atoms with Crippen molar-refractivity contribution >= 4 is 21.6 Å². The highest BCUT2D eigenvalue weighted by atomic mass is 32.2. The maximum Gasteiger partial charge on any atom is 0.264 e. The molecule has 28 heavy (non-hydrogen) atoms. The summed E-state index contributed by atoms with van der Waals surface area (Å²) in [6, 6.07) is 13.2. The maximum atomic E-state index is 13.3. The summed E-state index contributed by atoms with van der Waals surface area (Å²) in [6.07, 6.45) is 0.763. The first kappa shape index (κ1) is 21.8. The lowest BCUT2D eigenvalue weighted by Gasteiger charge is -2.25. The van der Waals surface area contributed by atoms with Gasteiger partial charge in [-0.3, -0.25) is 9.10 Å². The van der Waals surface area contributed by atoms with Crippen molar-refractivity contribution in [3.05, 3.63) is 54.1 Å². The SMILES string of the molecule is CCOc1ccc(N(CC(=O)N[C@H](C)CC)S(=O)(=O)c2ccc(C)cc2)cc1. The minimum atomic E-state index is -3.90. The second-order valence-corrected chi connectivity index (χ2v) is 8.49. The molecule has 0 saturated carbocycles. The molecule has 7 heteroatoms. The van der Waals surface area contributed by atoms with Gasteiger partial charge in [-0.15, -0.1) is 0 Å². The fourth-order valence-corrected chi connectivity index (χ4v) is 4.00. The van der Waals surface area contributed by atoms with Crippen LogP contribution in [0.3, 0.4) is 0 Å². The summed E-state index contributed by atoms with van der Waals surface area (Å²) < 4.78 is 33.1. The van der Waals surface area contributed by atoms with E-state index in [4.69, 9.17) is 4.74 Å². The summed E-state index contributed by atoms with van der Waals surface area (Å²) in [5, 5.41) is 2.82. The lowest BCUT2D eigenvalue weighted by Crippen LogP contribution is -2.43. The molecular formula is C21H28N2O4S. The van der Waals surface area contributed by atoms with E-state index in [9.17, 15) is 13.2 Å². The van der Waals surface area contributed by atoms with Crippen LogP contribution in [0.4, 0.5) is 5.69 Å². The number of nitrogens with zero attached hydrogens (tertiary/aromatic N) is 1. The van der Waals surface area contributed by atoms with Gasteiger partial charge >= 0.3 is 0 Å². The van der Waals surface area contributed by atoms with Crippen LogP contribution in [0.2, 0.25) is 0 Å². The molecule has 2 aromatic carbocycles. The Morgan fingerprint density at radius 1 is 1.07 bits per heavy atom. The van der Waals surface area contributed by atoms with Crippen LogP contribution >= 0.6 is 0 Å². The van der Waals surface area contributed by atoms with Crippen molar-refractivity contribution in [1.82, 2.24) is 5.32 Å². The van der Waals surface area contributed by atoms with E-state index in [1.807, 2.05) is 27.7 Å². The molecule has 0 aliphatic rings. The first-order valence-electron chi connectivity index (χ1n) is 9.39. The molecule has 0 radical (unpaired) electrons. The largest absolute Gasteiger partial charge is 0.494 e. The average molecular weight is 405 g/mol. The Hall–Kier alpha value is -2.54. The van der Waals surface area contributed by atoms with E-state index in [-0.39, 0.29) is 23.4 Å². The third-order valence-electron chi connectivity index (χ3n) is 4.35. The molecule has 152 valence electrons. The van der Waals surface area contributed by atoms with Crippen molar-refractivity contribution in [1.29, 1.82) is 0 Å². The normalized spacial score (nSPS) is 12.3. The predicted octanol–water partition coefficient (Wildman–Crippen LogP) is 3.50. The maximum absolute atomic E-state index is 13.3. The van der Waals surface area contributed by atoms with Crippen molar-refractivity contribution in [3.8, 4) is 5.75 Å². The smallest absolute Gasteiger partial charge is 0.264 e. The molecule has 2 aromatic rings. The Labute approximate surface area is 167 Å². The molecule has 0 aromatic heterocycles. The molecule has 0 saturated heterocycles. The molecule has 0 spiro atoms. The standard InChI is InChI=1S/C21H28N2O4S/c1-5-17(4)22-21(24)15-23(18-9-11-19(12-10-18)27-6-2)28(25,26)20-13-7-16(3)8-14-20/h7-14,17H,5-6,15H2,1-4H3,(H,22,24)/t17-/m1/s1. The number of sulfonamides is 1. The van der Waals surface area contributed by atoms with Crippen LogP contribution in [0, 0.1) is 6.92 Å². The molecule has 1 amide bonds. The molecule has 2 rings (SSSR count). The van der Waals surface area contributed by atoms with Crippen LogP contribution in [-0.2, 0) is 14.8 Å². The van der Waals surface area contributed by atoms with Gasteiger partial charge in [0.05, 0.1) is 17.2 Å². The van der Waals surface area contributed by atoms with E-state index < -0.39 is 10.0 Å². The summed E-state index contributed by atoms with van der Waals surface area (Å²) in [4.78, 5) is 12.6. The Morgan fingerprint density at radius 3 is 2.21 bits per heavy atom. The Kier molecular flexibility index (Phi) is 7.45. The first-order valence-corrected chi connectivity index (χ1v) is 10.8. The van der Waals surface area contributed by atoms with Crippen LogP contribution in [0.25, 0.3) is 0 Å². The zero-order valence-corrected chi connectivity index (χ0v) is 17.6. The number of benzene rings is 2. The summed E-state index contributed by atoms with van der Waals surface area (Å²) in [7, 11) is -3.90. The molecule has 1 atom stereocenters. The molecule has 6 nitrogen and oxygen atoms in total. The van der Waals surface area contributed by atoms with Gasteiger partial charge in [-0.05, 0) is 63.6 Å². The number of carbonyl (C=O) groups is 1. The first-order chi connectivity index (χ1) is 13.3. The summed E-state index contributed by atoms with van der Waals surface area (Å²) >= 11 is 0. The average Bonchev–Trinajstić information content (AvgIpc) is 2.67. The van der Waals surface area contributed by atoms with Crippen LogP contribution in [0.15, 0.2) is 53.4 Å². The van der Waals surface area contributed by atoms with E-state index in [1.54, 1.807) is 48.5 Å². The molecule has 0 unspecified atom stereocenters. The van der Waals surface area contributed by atoms with Crippen molar-refractivity contribution in [3.63, 3.8) is 0 Å². The molecule has 0 bridgehead atoms. The van der Waals surface area contributed by atoms with E-state index in [1.165, 1.54) is 0 Å². The van der Waals surface area contributed by atoms with Gasteiger partial charge in [-0.25, -0.2) is 8.42 Å². The van der Waals surface area contributed by atoms with E-state index in [0.29, 0.717) is 18.0 Å². The number of nitrogens with one attached hydrogen (secondary N) is 1. The molecule has 0 fully saturated rings. The van der Waals surface area contributed by atoms with Gasteiger partial charge in [0.15, 0.2) is 0 Å². The number of hydrogen-bond donors (Lipinski definition) is 1. The van der Waals surface area contributed by atoms with Crippen molar-refractivity contribution in [2.75, 3.05) is 17.5 Å². The predicted molar refractivity (Wildman–Crippen MR) is 111 cm³/mol. The number of ether oxygens (including phenoxy) is 1. The topological polar surface area (TPSA) is 75.7 Å². The second kappa shape index (κ2) is 9.59. The monoisotopic (exact) mass is 404 g/mol. The highest BCUT2D eigenvalue weighted by molar-refractivity contribution is 7.92. The van der Waals surface area contributed by atoms with Gasteiger partial charge in [-0.1, -0.05) is 24.6 Å². The van der Waals surface area contributed by atoms with Gasteiger partial charge < -0.3 is 10.1 Å². The minimum Gasteiger partial charge on any atom is -0.494 e. The summed E-state index contributed by atoms with van der Waals surface area (Å²) in [5.41, 5.74) is 1.37. The van der Waals surface area contributed by atoms with Gasteiger partial charge in [-0.2, -0.15) is 0 Å². The quantitative estimate of drug-likeness (QED) is 0.694. The van der Waals surface area contributed by atoms with Gasteiger partial charge in [0, 0.05) is 6.04 Å². The lowest BCUT2D eigenvalue weighted by molar-refractivity contribution is -0.120. The van der Waals surface area contributed by atoms with Gasteiger partial charge in [0.25, 0.3) is 10.0 Å². The van der Waals surface area contributed by atoms with Crippen molar-refractivity contribution in [2.45, 2.75) is 45.1 Å². The Bertz CT molecular complexity index is 878. The summed E-state index contributed by atoms with van der Waals surface area (Å²) in [6.45, 7) is 7.82.